The number of carbonyl (C=O) groups is 1. The lowest BCUT2D eigenvalue weighted by Gasteiger charge is -2.36. The van der Waals surface area contributed by atoms with Gasteiger partial charge in [-0.2, -0.15) is 0 Å². The Morgan fingerprint density at radius 1 is 1.12 bits per heavy atom. The lowest BCUT2D eigenvalue weighted by atomic mass is 10.2. The molecule has 2 heterocycles. The van der Waals surface area contributed by atoms with E-state index in [1.54, 1.807) is 25.4 Å². The number of hydrogen-bond donors (Lipinski definition) is 0. The monoisotopic (exact) mass is 341 g/mol. The largest absolute Gasteiger partial charge is 0.495 e. The summed E-state index contributed by atoms with van der Waals surface area (Å²) in [5.41, 5.74) is 1.66. The summed E-state index contributed by atoms with van der Waals surface area (Å²) in [5.74, 6) is 1.41. The highest BCUT2D eigenvalue weighted by atomic mass is 16.5. The maximum absolute atomic E-state index is 12.6. The Morgan fingerprint density at radius 3 is 2.52 bits per heavy atom. The number of benzene rings is 1. The standard InChI is InChI=1S/C19H23N3O3/c1-3-25-18-9-8-15(14-20-18)19(23)22-12-10-21(11-13-22)16-6-4-5-7-17(16)24-2/h4-9,14H,3,10-13H2,1-2H3. The highest BCUT2D eigenvalue weighted by molar-refractivity contribution is 5.94. The third kappa shape index (κ3) is 3.84. The van der Waals surface area contributed by atoms with Crippen molar-refractivity contribution in [2.75, 3.05) is 44.8 Å². The van der Waals surface area contributed by atoms with Gasteiger partial charge < -0.3 is 19.3 Å². The second-order valence-electron chi connectivity index (χ2n) is 5.77. The Bertz CT molecular complexity index is 710. The van der Waals surface area contributed by atoms with Crippen molar-refractivity contribution in [3.63, 3.8) is 0 Å². The van der Waals surface area contributed by atoms with Crippen LogP contribution >= 0.6 is 0 Å². The van der Waals surface area contributed by atoms with Crippen molar-refractivity contribution in [2.24, 2.45) is 0 Å². The molecule has 2 aromatic rings. The number of rotatable bonds is 5. The molecule has 0 N–H and O–H groups in total. The van der Waals surface area contributed by atoms with Gasteiger partial charge in [0.25, 0.3) is 5.91 Å². The first-order valence-electron chi connectivity index (χ1n) is 8.49. The summed E-state index contributed by atoms with van der Waals surface area (Å²) in [6.45, 7) is 5.36. The molecule has 0 radical (unpaired) electrons. The van der Waals surface area contributed by atoms with Crippen molar-refractivity contribution in [1.29, 1.82) is 0 Å². The van der Waals surface area contributed by atoms with Gasteiger partial charge in [-0.05, 0) is 25.1 Å². The molecular formula is C19H23N3O3. The summed E-state index contributed by atoms with van der Waals surface area (Å²) in [5, 5.41) is 0. The molecule has 0 unspecified atom stereocenters. The number of ether oxygens (including phenoxy) is 2. The van der Waals surface area contributed by atoms with Gasteiger partial charge in [0.05, 0.1) is 25.0 Å². The van der Waals surface area contributed by atoms with Crippen molar-refractivity contribution in [2.45, 2.75) is 6.92 Å². The number of amides is 1. The molecule has 1 aliphatic rings. The summed E-state index contributed by atoms with van der Waals surface area (Å²) in [6, 6.07) is 11.5. The fraction of sp³-hybridized carbons (Fsp3) is 0.368. The van der Waals surface area contributed by atoms with Crippen LogP contribution in [0.5, 0.6) is 11.6 Å². The molecule has 0 saturated carbocycles. The lowest BCUT2D eigenvalue weighted by molar-refractivity contribution is 0.0746. The summed E-state index contributed by atoms with van der Waals surface area (Å²) < 4.78 is 10.7. The number of piperazine rings is 1. The third-order valence-corrected chi connectivity index (χ3v) is 4.27. The van der Waals surface area contributed by atoms with E-state index in [0.717, 1.165) is 24.5 Å². The first kappa shape index (κ1) is 17.1. The highest BCUT2D eigenvalue weighted by Gasteiger charge is 2.23. The number of anilines is 1. The summed E-state index contributed by atoms with van der Waals surface area (Å²) in [4.78, 5) is 20.9. The van der Waals surface area contributed by atoms with E-state index in [9.17, 15) is 4.79 Å². The van der Waals surface area contributed by atoms with Gasteiger partial charge in [-0.1, -0.05) is 12.1 Å². The minimum absolute atomic E-state index is 0.00947. The Hall–Kier alpha value is -2.76. The zero-order valence-electron chi connectivity index (χ0n) is 14.6. The number of carbonyl (C=O) groups excluding carboxylic acids is 1. The van der Waals surface area contributed by atoms with Crippen LogP contribution < -0.4 is 14.4 Å². The van der Waals surface area contributed by atoms with Gasteiger partial charge in [0.15, 0.2) is 0 Å². The van der Waals surface area contributed by atoms with Crippen molar-refractivity contribution >= 4 is 11.6 Å². The van der Waals surface area contributed by atoms with Crippen LogP contribution in [0.25, 0.3) is 0 Å². The average Bonchev–Trinajstić information content (AvgIpc) is 2.68. The van der Waals surface area contributed by atoms with Gasteiger partial charge in [0.1, 0.15) is 5.75 Å². The molecule has 3 rings (SSSR count). The SMILES string of the molecule is CCOc1ccc(C(=O)N2CCN(c3ccccc3OC)CC2)cn1. The van der Waals surface area contributed by atoms with Crippen LogP contribution in [-0.4, -0.2) is 55.7 Å². The number of para-hydroxylation sites is 2. The maximum atomic E-state index is 12.6. The minimum atomic E-state index is 0.00947. The van der Waals surface area contributed by atoms with Crippen molar-refractivity contribution in [1.82, 2.24) is 9.88 Å². The molecule has 25 heavy (non-hydrogen) atoms. The van der Waals surface area contributed by atoms with Crippen LogP contribution in [0.15, 0.2) is 42.6 Å². The molecule has 1 amide bonds. The summed E-state index contributed by atoms with van der Waals surface area (Å²) in [7, 11) is 1.68. The molecule has 0 bridgehead atoms. The van der Waals surface area contributed by atoms with E-state index in [1.807, 2.05) is 36.1 Å². The van der Waals surface area contributed by atoms with Crippen LogP contribution in [0.2, 0.25) is 0 Å². The van der Waals surface area contributed by atoms with E-state index >= 15 is 0 Å². The summed E-state index contributed by atoms with van der Waals surface area (Å²) >= 11 is 0. The topological polar surface area (TPSA) is 54.9 Å². The van der Waals surface area contributed by atoms with Crippen LogP contribution in [0.4, 0.5) is 5.69 Å². The zero-order valence-corrected chi connectivity index (χ0v) is 14.6. The number of hydrogen-bond acceptors (Lipinski definition) is 5. The van der Waals surface area contributed by atoms with E-state index in [0.29, 0.717) is 31.1 Å². The Kier molecular flexibility index (Phi) is 5.38. The van der Waals surface area contributed by atoms with Crippen molar-refractivity contribution in [3.05, 3.63) is 48.2 Å². The third-order valence-electron chi connectivity index (χ3n) is 4.27. The average molecular weight is 341 g/mol. The number of nitrogens with zero attached hydrogens (tertiary/aromatic N) is 3. The molecule has 1 aliphatic heterocycles. The maximum Gasteiger partial charge on any atom is 0.255 e. The van der Waals surface area contributed by atoms with Gasteiger partial charge in [0, 0.05) is 38.4 Å². The van der Waals surface area contributed by atoms with E-state index < -0.39 is 0 Å². The van der Waals surface area contributed by atoms with Crippen molar-refractivity contribution < 1.29 is 14.3 Å². The molecule has 1 saturated heterocycles. The summed E-state index contributed by atoms with van der Waals surface area (Å²) in [6.07, 6.45) is 1.58. The fourth-order valence-corrected chi connectivity index (χ4v) is 2.96. The van der Waals surface area contributed by atoms with E-state index in [-0.39, 0.29) is 5.91 Å². The van der Waals surface area contributed by atoms with Gasteiger partial charge in [-0.15, -0.1) is 0 Å². The number of methoxy groups -OCH3 is 1. The molecule has 132 valence electrons. The minimum Gasteiger partial charge on any atom is -0.495 e. The van der Waals surface area contributed by atoms with Gasteiger partial charge in [0.2, 0.25) is 5.88 Å². The Labute approximate surface area is 148 Å². The smallest absolute Gasteiger partial charge is 0.255 e. The molecule has 1 aromatic heterocycles. The molecular weight excluding hydrogens is 318 g/mol. The lowest BCUT2D eigenvalue weighted by Crippen LogP contribution is -2.48. The van der Waals surface area contributed by atoms with Crippen LogP contribution in [0.1, 0.15) is 17.3 Å². The van der Waals surface area contributed by atoms with E-state index in [4.69, 9.17) is 9.47 Å². The second-order valence-corrected chi connectivity index (χ2v) is 5.77. The second kappa shape index (κ2) is 7.88. The van der Waals surface area contributed by atoms with Gasteiger partial charge >= 0.3 is 0 Å². The predicted octanol–water partition coefficient (Wildman–Crippen LogP) is 2.45. The Morgan fingerprint density at radius 2 is 1.88 bits per heavy atom. The molecule has 6 heteroatoms. The van der Waals surface area contributed by atoms with E-state index in [2.05, 4.69) is 9.88 Å². The van der Waals surface area contributed by atoms with Crippen LogP contribution in [0.3, 0.4) is 0 Å². The normalized spacial score (nSPS) is 14.3. The molecule has 0 aliphatic carbocycles. The number of aromatic nitrogens is 1. The van der Waals surface area contributed by atoms with Crippen LogP contribution in [-0.2, 0) is 0 Å². The van der Waals surface area contributed by atoms with Crippen molar-refractivity contribution in [3.8, 4) is 11.6 Å². The zero-order chi connectivity index (χ0) is 17.6. The Balaban J connectivity index is 1.62. The predicted molar refractivity (Wildman–Crippen MR) is 96.5 cm³/mol. The van der Waals surface area contributed by atoms with E-state index in [1.165, 1.54) is 0 Å². The first-order valence-corrected chi connectivity index (χ1v) is 8.49. The molecule has 1 fully saturated rings. The molecule has 6 nitrogen and oxygen atoms in total. The molecule has 1 aromatic carbocycles. The molecule has 0 spiro atoms. The quantitative estimate of drug-likeness (QED) is 0.836. The fourth-order valence-electron chi connectivity index (χ4n) is 2.96. The van der Waals surface area contributed by atoms with Gasteiger partial charge in [-0.3, -0.25) is 4.79 Å². The van der Waals surface area contributed by atoms with Crippen LogP contribution in [0, 0.1) is 0 Å². The highest BCUT2D eigenvalue weighted by Crippen LogP contribution is 2.28. The first-order chi connectivity index (χ1) is 12.2. The van der Waals surface area contributed by atoms with Gasteiger partial charge in [-0.25, -0.2) is 4.98 Å². The molecule has 0 atom stereocenters. The number of pyridine rings is 1.